The quantitative estimate of drug-likeness (QED) is 0.536. The van der Waals surface area contributed by atoms with E-state index in [0.717, 1.165) is 15.8 Å². The first-order valence-electron chi connectivity index (χ1n) is 6.87. The van der Waals surface area contributed by atoms with E-state index in [1.165, 1.54) is 11.3 Å². The molecule has 0 aliphatic carbocycles. The second-order valence-electron chi connectivity index (χ2n) is 4.92. The summed E-state index contributed by atoms with van der Waals surface area (Å²) >= 11 is 1.42. The SMILES string of the molecule is CC(=O)c1ccc2nc(-c3nc(-c4ccncc4)no3)sc2c1. The Kier molecular flexibility index (Phi) is 3.20. The molecule has 3 aromatic heterocycles. The molecule has 112 valence electrons. The number of rotatable bonds is 3. The Morgan fingerprint density at radius 2 is 1.96 bits per heavy atom. The van der Waals surface area contributed by atoms with Crippen LogP contribution in [-0.2, 0) is 0 Å². The number of hydrogen-bond donors (Lipinski definition) is 0. The van der Waals surface area contributed by atoms with Crippen molar-refractivity contribution in [1.82, 2.24) is 20.1 Å². The highest BCUT2D eigenvalue weighted by molar-refractivity contribution is 7.21. The van der Waals surface area contributed by atoms with Crippen molar-refractivity contribution in [2.24, 2.45) is 0 Å². The van der Waals surface area contributed by atoms with Crippen LogP contribution in [0.4, 0.5) is 0 Å². The molecule has 0 bridgehead atoms. The van der Waals surface area contributed by atoms with Crippen LogP contribution in [0, 0.1) is 0 Å². The van der Waals surface area contributed by atoms with E-state index in [-0.39, 0.29) is 5.78 Å². The minimum Gasteiger partial charge on any atom is -0.331 e. The first kappa shape index (κ1) is 13.7. The number of nitrogens with zero attached hydrogens (tertiary/aromatic N) is 4. The molecule has 0 aliphatic rings. The maximum atomic E-state index is 11.5. The van der Waals surface area contributed by atoms with Gasteiger partial charge in [-0.3, -0.25) is 9.78 Å². The predicted molar refractivity (Wildman–Crippen MR) is 86.1 cm³/mol. The molecule has 3 heterocycles. The van der Waals surface area contributed by atoms with Crippen LogP contribution >= 0.6 is 11.3 Å². The second-order valence-corrected chi connectivity index (χ2v) is 5.95. The number of Topliss-reactive ketones (excluding diaryl/α,β-unsaturated/α-hetero) is 1. The fourth-order valence-electron chi connectivity index (χ4n) is 2.16. The van der Waals surface area contributed by atoms with E-state index < -0.39 is 0 Å². The van der Waals surface area contributed by atoms with E-state index in [0.29, 0.717) is 22.3 Å². The lowest BCUT2D eigenvalue weighted by Crippen LogP contribution is -1.89. The third kappa shape index (κ3) is 2.51. The molecule has 4 rings (SSSR count). The number of aromatic nitrogens is 4. The summed E-state index contributed by atoms with van der Waals surface area (Å²) in [6.45, 7) is 1.54. The number of benzene rings is 1. The molecule has 0 atom stereocenters. The Bertz CT molecular complexity index is 1010. The molecule has 0 radical (unpaired) electrons. The molecule has 0 aliphatic heterocycles. The van der Waals surface area contributed by atoms with Crippen LogP contribution < -0.4 is 0 Å². The van der Waals surface area contributed by atoms with Gasteiger partial charge >= 0.3 is 0 Å². The van der Waals surface area contributed by atoms with Gasteiger partial charge in [-0.05, 0) is 37.3 Å². The van der Waals surface area contributed by atoms with Gasteiger partial charge in [0.1, 0.15) is 0 Å². The van der Waals surface area contributed by atoms with Gasteiger partial charge in [-0.1, -0.05) is 5.16 Å². The fourth-order valence-corrected chi connectivity index (χ4v) is 3.09. The molecule has 1 aromatic carbocycles. The van der Waals surface area contributed by atoms with E-state index in [1.54, 1.807) is 25.4 Å². The van der Waals surface area contributed by atoms with Gasteiger partial charge < -0.3 is 4.52 Å². The van der Waals surface area contributed by atoms with Crippen molar-refractivity contribution in [2.45, 2.75) is 6.92 Å². The molecule has 6 nitrogen and oxygen atoms in total. The smallest absolute Gasteiger partial charge is 0.287 e. The minimum atomic E-state index is 0.0274. The Morgan fingerprint density at radius 3 is 2.74 bits per heavy atom. The zero-order chi connectivity index (χ0) is 15.8. The van der Waals surface area contributed by atoms with E-state index in [9.17, 15) is 4.79 Å². The summed E-state index contributed by atoms with van der Waals surface area (Å²) in [7, 11) is 0. The van der Waals surface area contributed by atoms with Crippen LogP contribution in [-0.4, -0.2) is 25.9 Å². The summed E-state index contributed by atoms with van der Waals surface area (Å²) in [6.07, 6.45) is 3.35. The lowest BCUT2D eigenvalue weighted by Gasteiger charge is -1.93. The number of ketones is 1. The van der Waals surface area contributed by atoms with Gasteiger partial charge in [0.05, 0.1) is 10.2 Å². The maximum absolute atomic E-state index is 11.5. The van der Waals surface area contributed by atoms with Gasteiger partial charge in [0, 0.05) is 23.5 Å². The van der Waals surface area contributed by atoms with E-state index in [4.69, 9.17) is 4.52 Å². The molecule has 0 spiro atoms. The average molecular weight is 322 g/mol. The Morgan fingerprint density at radius 1 is 1.13 bits per heavy atom. The largest absolute Gasteiger partial charge is 0.331 e. The molecule has 0 amide bonds. The molecular formula is C16H10N4O2S. The van der Waals surface area contributed by atoms with Crippen molar-refractivity contribution in [3.05, 3.63) is 48.3 Å². The lowest BCUT2D eigenvalue weighted by molar-refractivity contribution is 0.101. The van der Waals surface area contributed by atoms with Crippen molar-refractivity contribution >= 4 is 27.3 Å². The topological polar surface area (TPSA) is 81.8 Å². The lowest BCUT2D eigenvalue weighted by atomic mass is 10.1. The molecule has 4 aromatic rings. The predicted octanol–water partition coefficient (Wildman–Crippen LogP) is 3.61. The van der Waals surface area contributed by atoms with Crippen molar-refractivity contribution in [3.63, 3.8) is 0 Å². The minimum absolute atomic E-state index is 0.0274. The summed E-state index contributed by atoms with van der Waals surface area (Å²) in [4.78, 5) is 24.3. The number of hydrogen-bond acceptors (Lipinski definition) is 7. The van der Waals surface area contributed by atoms with Crippen LogP contribution in [0.25, 0.3) is 32.5 Å². The van der Waals surface area contributed by atoms with Crippen LogP contribution in [0.3, 0.4) is 0 Å². The molecule has 0 unspecified atom stereocenters. The third-order valence-electron chi connectivity index (χ3n) is 3.34. The van der Waals surface area contributed by atoms with Gasteiger partial charge in [-0.25, -0.2) is 4.98 Å². The Balaban J connectivity index is 1.75. The monoisotopic (exact) mass is 322 g/mol. The number of thiazole rings is 1. The standard InChI is InChI=1S/C16H10N4O2S/c1-9(21)11-2-3-12-13(8-11)23-16(18-12)15-19-14(20-22-15)10-4-6-17-7-5-10/h2-8H,1H3. The van der Waals surface area contributed by atoms with E-state index in [2.05, 4.69) is 20.1 Å². The van der Waals surface area contributed by atoms with Crippen LogP contribution in [0.1, 0.15) is 17.3 Å². The van der Waals surface area contributed by atoms with E-state index in [1.807, 2.05) is 24.3 Å². The highest BCUT2D eigenvalue weighted by atomic mass is 32.1. The Labute approximate surface area is 134 Å². The Hall–Kier alpha value is -2.93. The van der Waals surface area contributed by atoms with Crippen molar-refractivity contribution in [2.75, 3.05) is 0 Å². The normalized spacial score (nSPS) is 11.0. The molecule has 0 saturated carbocycles. The molecular weight excluding hydrogens is 312 g/mol. The zero-order valence-corrected chi connectivity index (χ0v) is 12.9. The highest BCUT2D eigenvalue weighted by Gasteiger charge is 2.15. The first-order chi connectivity index (χ1) is 11.2. The average Bonchev–Trinajstić information content (AvgIpc) is 3.21. The van der Waals surface area contributed by atoms with Gasteiger partial charge in [0.25, 0.3) is 5.89 Å². The number of fused-ring (bicyclic) bond motifs is 1. The molecule has 0 fully saturated rings. The van der Waals surface area contributed by atoms with Crippen molar-refractivity contribution in [1.29, 1.82) is 0 Å². The number of pyridine rings is 1. The van der Waals surface area contributed by atoms with Crippen molar-refractivity contribution < 1.29 is 9.32 Å². The summed E-state index contributed by atoms with van der Waals surface area (Å²) in [6, 6.07) is 9.05. The number of carbonyl (C=O) groups excluding carboxylic acids is 1. The molecule has 0 saturated heterocycles. The number of carbonyl (C=O) groups is 1. The first-order valence-corrected chi connectivity index (χ1v) is 7.68. The summed E-state index contributed by atoms with van der Waals surface area (Å²) in [5.41, 5.74) is 2.30. The van der Waals surface area contributed by atoms with Gasteiger partial charge in [-0.2, -0.15) is 4.98 Å². The maximum Gasteiger partial charge on any atom is 0.287 e. The highest BCUT2D eigenvalue weighted by Crippen LogP contribution is 2.31. The summed E-state index contributed by atoms with van der Waals surface area (Å²) < 4.78 is 6.23. The second kappa shape index (κ2) is 5.36. The van der Waals surface area contributed by atoms with Gasteiger partial charge in [0.2, 0.25) is 5.82 Å². The molecule has 23 heavy (non-hydrogen) atoms. The van der Waals surface area contributed by atoms with Crippen molar-refractivity contribution in [3.8, 4) is 22.3 Å². The van der Waals surface area contributed by atoms with Gasteiger partial charge in [0.15, 0.2) is 10.8 Å². The zero-order valence-electron chi connectivity index (χ0n) is 12.1. The molecule has 0 N–H and O–H groups in total. The fraction of sp³-hybridized carbons (Fsp3) is 0.0625. The van der Waals surface area contributed by atoms with E-state index >= 15 is 0 Å². The summed E-state index contributed by atoms with van der Waals surface area (Å²) in [5, 5.41) is 4.61. The summed E-state index contributed by atoms with van der Waals surface area (Å²) in [5.74, 6) is 0.882. The van der Waals surface area contributed by atoms with Gasteiger partial charge in [-0.15, -0.1) is 11.3 Å². The van der Waals surface area contributed by atoms with Crippen LogP contribution in [0.2, 0.25) is 0 Å². The van der Waals surface area contributed by atoms with Crippen LogP contribution in [0.5, 0.6) is 0 Å². The van der Waals surface area contributed by atoms with Crippen LogP contribution in [0.15, 0.2) is 47.2 Å². The third-order valence-corrected chi connectivity index (χ3v) is 4.35. The molecule has 7 heteroatoms.